The normalized spacial score (nSPS) is 9.94. The van der Waals surface area contributed by atoms with E-state index < -0.39 is 0 Å². The summed E-state index contributed by atoms with van der Waals surface area (Å²) < 4.78 is 0. The highest BCUT2D eigenvalue weighted by Gasteiger charge is 2.07. The van der Waals surface area contributed by atoms with E-state index in [9.17, 15) is 9.90 Å². The van der Waals surface area contributed by atoms with Gasteiger partial charge in [-0.15, -0.1) is 0 Å². The van der Waals surface area contributed by atoms with Gasteiger partial charge in [0.2, 0.25) is 5.91 Å². The molecule has 0 saturated carbocycles. The Hall–Kier alpha value is -1.55. The third-order valence-corrected chi connectivity index (χ3v) is 2.53. The second kappa shape index (κ2) is 6.12. The molecule has 0 heterocycles. The van der Waals surface area contributed by atoms with E-state index in [1.807, 2.05) is 36.2 Å². The fourth-order valence-electron chi connectivity index (χ4n) is 1.53. The van der Waals surface area contributed by atoms with E-state index in [2.05, 4.69) is 5.32 Å². The zero-order chi connectivity index (χ0) is 12.0. The maximum Gasteiger partial charge on any atom is 0.221 e. The Bertz CT molecular complexity index is 353. The highest BCUT2D eigenvalue weighted by Crippen LogP contribution is 2.18. The van der Waals surface area contributed by atoms with Crippen LogP contribution in [0.25, 0.3) is 0 Å². The van der Waals surface area contributed by atoms with Crippen LogP contribution in [-0.2, 0) is 11.4 Å². The average Bonchev–Trinajstić information content (AvgIpc) is 2.35. The maximum absolute atomic E-state index is 11.1. The van der Waals surface area contributed by atoms with Crippen LogP contribution in [0.15, 0.2) is 24.3 Å². The van der Waals surface area contributed by atoms with Crippen LogP contribution < -0.4 is 10.2 Å². The van der Waals surface area contributed by atoms with Gasteiger partial charge in [-0.3, -0.25) is 4.79 Å². The summed E-state index contributed by atoms with van der Waals surface area (Å²) in [6.45, 7) is 0.650. The van der Waals surface area contributed by atoms with E-state index in [1.165, 1.54) is 0 Å². The molecule has 0 radical (unpaired) electrons. The molecular weight excluding hydrogens is 204 g/mol. The zero-order valence-corrected chi connectivity index (χ0v) is 9.73. The van der Waals surface area contributed by atoms with Gasteiger partial charge in [-0.25, -0.2) is 0 Å². The van der Waals surface area contributed by atoms with Crippen molar-refractivity contribution in [2.75, 3.05) is 25.5 Å². The third-order valence-electron chi connectivity index (χ3n) is 2.53. The molecule has 0 aromatic heterocycles. The molecule has 88 valence electrons. The molecule has 1 amide bonds. The van der Waals surface area contributed by atoms with E-state index in [1.54, 1.807) is 7.05 Å². The molecule has 0 unspecified atom stereocenters. The molecule has 2 N–H and O–H groups in total. The van der Waals surface area contributed by atoms with Crippen LogP contribution in [0.5, 0.6) is 0 Å². The number of nitrogens with zero attached hydrogens (tertiary/aromatic N) is 1. The number of rotatable bonds is 5. The van der Waals surface area contributed by atoms with Crippen molar-refractivity contribution in [3.05, 3.63) is 29.8 Å². The largest absolute Gasteiger partial charge is 0.392 e. The number of nitrogens with one attached hydrogen (secondary N) is 1. The van der Waals surface area contributed by atoms with Crippen LogP contribution in [0.4, 0.5) is 5.69 Å². The van der Waals surface area contributed by atoms with Crippen LogP contribution in [-0.4, -0.2) is 31.7 Å². The first-order chi connectivity index (χ1) is 7.69. The Labute approximate surface area is 95.9 Å². The van der Waals surface area contributed by atoms with Crippen molar-refractivity contribution < 1.29 is 9.90 Å². The number of benzene rings is 1. The molecule has 0 aliphatic rings. The molecule has 1 rings (SSSR count). The van der Waals surface area contributed by atoms with Crippen molar-refractivity contribution in [3.8, 4) is 0 Å². The Balaban J connectivity index is 2.65. The number of aliphatic hydroxyl groups is 1. The van der Waals surface area contributed by atoms with E-state index in [0.29, 0.717) is 13.0 Å². The molecule has 0 aliphatic heterocycles. The molecule has 0 saturated heterocycles. The zero-order valence-electron chi connectivity index (χ0n) is 9.73. The summed E-state index contributed by atoms with van der Waals surface area (Å²) in [7, 11) is 3.54. The van der Waals surface area contributed by atoms with Gasteiger partial charge in [0.1, 0.15) is 0 Å². The van der Waals surface area contributed by atoms with Gasteiger partial charge < -0.3 is 15.3 Å². The summed E-state index contributed by atoms with van der Waals surface area (Å²) in [6.07, 6.45) is 0.451. The van der Waals surface area contributed by atoms with Crippen molar-refractivity contribution >= 4 is 11.6 Å². The third kappa shape index (κ3) is 3.24. The standard InChI is InChI=1S/C12H18N2O2/c1-13-12(16)7-8-14(2)11-6-4-3-5-10(11)9-15/h3-6,15H,7-9H2,1-2H3,(H,13,16). The number of anilines is 1. The van der Waals surface area contributed by atoms with Crippen LogP contribution in [0.3, 0.4) is 0 Å². The fourth-order valence-corrected chi connectivity index (χ4v) is 1.53. The first-order valence-electron chi connectivity index (χ1n) is 5.29. The number of amides is 1. The number of aliphatic hydroxyl groups excluding tert-OH is 1. The topological polar surface area (TPSA) is 52.6 Å². The summed E-state index contributed by atoms with van der Waals surface area (Å²) in [5.74, 6) is 0.0216. The molecule has 0 atom stereocenters. The maximum atomic E-state index is 11.1. The van der Waals surface area contributed by atoms with Crippen molar-refractivity contribution in [2.45, 2.75) is 13.0 Å². The summed E-state index contributed by atoms with van der Waals surface area (Å²) >= 11 is 0. The first-order valence-corrected chi connectivity index (χ1v) is 5.29. The van der Waals surface area contributed by atoms with Gasteiger partial charge in [-0.2, -0.15) is 0 Å². The molecule has 4 heteroatoms. The minimum Gasteiger partial charge on any atom is -0.392 e. The van der Waals surface area contributed by atoms with Gasteiger partial charge in [0.05, 0.1) is 6.61 Å². The minimum atomic E-state index is 0.0144. The van der Waals surface area contributed by atoms with Crippen molar-refractivity contribution in [2.24, 2.45) is 0 Å². The van der Waals surface area contributed by atoms with Gasteiger partial charge in [0, 0.05) is 38.3 Å². The van der Waals surface area contributed by atoms with Crippen LogP contribution in [0.1, 0.15) is 12.0 Å². The predicted molar refractivity (Wildman–Crippen MR) is 64.3 cm³/mol. The number of hydrogen-bond donors (Lipinski definition) is 2. The number of carbonyl (C=O) groups excluding carboxylic acids is 1. The molecule has 4 nitrogen and oxygen atoms in total. The summed E-state index contributed by atoms with van der Waals surface area (Å²) in [5.41, 5.74) is 1.84. The molecule has 1 aromatic carbocycles. The summed E-state index contributed by atoms with van der Waals surface area (Å²) in [5, 5.41) is 11.8. The molecule has 0 spiro atoms. The predicted octanol–water partition coefficient (Wildman–Crippen LogP) is 0.751. The first kappa shape index (κ1) is 12.5. The Morgan fingerprint density at radius 3 is 2.75 bits per heavy atom. The molecule has 0 aliphatic carbocycles. The van der Waals surface area contributed by atoms with Crippen LogP contribution >= 0.6 is 0 Å². The highest BCUT2D eigenvalue weighted by molar-refractivity contribution is 5.76. The van der Waals surface area contributed by atoms with E-state index in [-0.39, 0.29) is 12.5 Å². The molecule has 0 fully saturated rings. The van der Waals surface area contributed by atoms with Crippen molar-refractivity contribution in [1.82, 2.24) is 5.32 Å². The smallest absolute Gasteiger partial charge is 0.221 e. The molecular formula is C12H18N2O2. The van der Waals surface area contributed by atoms with Crippen molar-refractivity contribution in [1.29, 1.82) is 0 Å². The van der Waals surface area contributed by atoms with E-state index >= 15 is 0 Å². The minimum absolute atomic E-state index is 0.0144. The second-order valence-corrected chi connectivity index (χ2v) is 3.63. The number of hydrogen-bond acceptors (Lipinski definition) is 3. The highest BCUT2D eigenvalue weighted by atomic mass is 16.3. The lowest BCUT2D eigenvalue weighted by Gasteiger charge is -2.21. The number of para-hydroxylation sites is 1. The lowest BCUT2D eigenvalue weighted by Crippen LogP contribution is -2.26. The second-order valence-electron chi connectivity index (χ2n) is 3.63. The molecule has 16 heavy (non-hydrogen) atoms. The van der Waals surface area contributed by atoms with Crippen LogP contribution in [0.2, 0.25) is 0 Å². The average molecular weight is 222 g/mol. The lowest BCUT2D eigenvalue weighted by molar-refractivity contribution is -0.120. The Morgan fingerprint density at radius 1 is 1.44 bits per heavy atom. The number of carbonyl (C=O) groups is 1. The Kier molecular flexibility index (Phi) is 4.79. The van der Waals surface area contributed by atoms with Gasteiger partial charge >= 0.3 is 0 Å². The SMILES string of the molecule is CNC(=O)CCN(C)c1ccccc1CO. The van der Waals surface area contributed by atoms with Gasteiger partial charge in [-0.05, 0) is 6.07 Å². The Morgan fingerprint density at radius 2 is 2.12 bits per heavy atom. The monoisotopic (exact) mass is 222 g/mol. The van der Waals surface area contributed by atoms with Gasteiger partial charge in [0.15, 0.2) is 0 Å². The van der Waals surface area contributed by atoms with E-state index in [0.717, 1.165) is 11.3 Å². The molecule has 1 aromatic rings. The summed E-state index contributed by atoms with van der Waals surface area (Å²) in [6, 6.07) is 7.63. The van der Waals surface area contributed by atoms with E-state index in [4.69, 9.17) is 0 Å². The van der Waals surface area contributed by atoms with Crippen molar-refractivity contribution in [3.63, 3.8) is 0 Å². The fraction of sp³-hybridized carbons (Fsp3) is 0.417. The van der Waals surface area contributed by atoms with Gasteiger partial charge in [-0.1, -0.05) is 18.2 Å². The quantitative estimate of drug-likeness (QED) is 0.773. The summed E-state index contributed by atoms with van der Waals surface area (Å²) in [4.78, 5) is 13.1. The van der Waals surface area contributed by atoms with Crippen LogP contribution in [0, 0.1) is 0 Å². The van der Waals surface area contributed by atoms with Gasteiger partial charge in [0.25, 0.3) is 0 Å². The lowest BCUT2D eigenvalue weighted by atomic mass is 10.1. The molecule has 0 bridgehead atoms.